The molecule has 5 nitrogen and oxygen atoms in total. The fourth-order valence-electron chi connectivity index (χ4n) is 3.38. The Bertz CT molecular complexity index is 1250. The van der Waals surface area contributed by atoms with Crippen LogP contribution in [0.5, 0.6) is 5.75 Å². The monoisotopic (exact) mass is 410 g/mol. The molecule has 2 N–H and O–H groups in total. The van der Waals surface area contributed by atoms with Gasteiger partial charge in [0.05, 0.1) is 13.5 Å². The third-order valence-electron chi connectivity index (χ3n) is 4.99. The second-order valence-electron chi connectivity index (χ2n) is 7.14. The van der Waals surface area contributed by atoms with Crippen LogP contribution in [0.4, 0.5) is 5.69 Å². The average Bonchev–Trinajstić information content (AvgIpc) is 3.21. The smallest absolute Gasteiger partial charge is 0.228 e. The number of nitrogens with one attached hydrogen (secondary N) is 2. The first-order chi connectivity index (χ1) is 15.1. The zero-order valence-corrected chi connectivity index (χ0v) is 17.1. The van der Waals surface area contributed by atoms with Gasteiger partial charge in [-0.3, -0.25) is 9.59 Å². The van der Waals surface area contributed by atoms with E-state index < -0.39 is 0 Å². The van der Waals surface area contributed by atoms with E-state index in [9.17, 15) is 9.59 Å². The number of methoxy groups -OCH3 is 1. The number of amides is 1. The van der Waals surface area contributed by atoms with Crippen molar-refractivity contribution in [3.05, 3.63) is 102 Å². The molecule has 0 aliphatic rings. The summed E-state index contributed by atoms with van der Waals surface area (Å²) in [5, 5.41) is 3.92. The summed E-state index contributed by atoms with van der Waals surface area (Å²) in [6.07, 6.45) is 5.47. The SMILES string of the molecule is COc1ccc(CC(=O)Nc2cccc(C(=O)/C=C/c3c[nH]c4ccccc34)c2)cc1. The van der Waals surface area contributed by atoms with E-state index in [0.717, 1.165) is 27.8 Å². The van der Waals surface area contributed by atoms with E-state index in [4.69, 9.17) is 4.74 Å². The van der Waals surface area contributed by atoms with E-state index in [1.54, 1.807) is 43.5 Å². The normalized spacial score (nSPS) is 11.0. The first-order valence-electron chi connectivity index (χ1n) is 9.94. The molecule has 0 unspecified atom stereocenters. The van der Waals surface area contributed by atoms with E-state index in [2.05, 4.69) is 10.3 Å². The summed E-state index contributed by atoms with van der Waals surface area (Å²) in [4.78, 5) is 28.2. The first-order valence-corrected chi connectivity index (χ1v) is 9.94. The first kappa shape index (κ1) is 20.2. The molecular formula is C26H22N2O3. The third-order valence-corrected chi connectivity index (χ3v) is 4.99. The fourth-order valence-corrected chi connectivity index (χ4v) is 3.38. The quantitative estimate of drug-likeness (QED) is 0.323. The number of rotatable bonds is 7. The molecule has 0 atom stereocenters. The Hall–Kier alpha value is -4.12. The minimum Gasteiger partial charge on any atom is -0.497 e. The molecule has 0 spiro atoms. The van der Waals surface area contributed by atoms with Crippen LogP contribution in [0.25, 0.3) is 17.0 Å². The van der Waals surface area contributed by atoms with Crippen molar-refractivity contribution in [2.24, 2.45) is 0 Å². The lowest BCUT2D eigenvalue weighted by molar-refractivity contribution is -0.115. The van der Waals surface area contributed by atoms with E-state index in [0.29, 0.717) is 11.3 Å². The standard InChI is InChI=1S/C26H22N2O3/c1-31-22-12-9-18(10-13-22)15-26(30)28-21-6-4-5-19(16-21)25(29)14-11-20-17-27-24-8-3-2-7-23(20)24/h2-14,16-17,27H,15H2,1H3,(H,28,30)/b14-11+. The zero-order chi connectivity index (χ0) is 21.6. The number of hydrogen-bond donors (Lipinski definition) is 2. The van der Waals surface area contributed by atoms with Crippen LogP contribution in [0.15, 0.2) is 85.1 Å². The average molecular weight is 410 g/mol. The van der Waals surface area contributed by atoms with Gasteiger partial charge in [-0.1, -0.05) is 42.5 Å². The highest BCUT2D eigenvalue weighted by Gasteiger charge is 2.08. The number of aromatic nitrogens is 1. The maximum atomic E-state index is 12.6. The van der Waals surface area contributed by atoms with Crippen LogP contribution >= 0.6 is 0 Å². The lowest BCUT2D eigenvalue weighted by atomic mass is 10.1. The molecule has 0 saturated carbocycles. The van der Waals surface area contributed by atoms with Crippen molar-refractivity contribution in [1.82, 2.24) is 4.98 Å². The highest BCUT2D eigenvalue weighted by Crippen LogP contribution is 2.20. The number of carbonyl (C=O) groups excluding carboxylic acids is 2. The summed E-state index contributed by atoms with van der Waals surface area (Å²) in [5.74, 6) is 0.469. The van der Waals surface area contributed by atoms with Crippen LogP contribution in [0, 0.1) is 0 Å². The number of fused-ring (bicyclic) bond motifs is 1. The van der Waals surface area contributed by atoms with Gasteiger partial charge in [-0.25, -0.2) is 0 Å². The van der Waals surface area contributed by atoms with Crippen molar-refractivity contribution in [1.29, 1.82) is 0 Å². The summed E-state index contributed by atoms with van der Waals surface area (Å²) >= 11 is 0. The van der Waals surface area contributed by atoms with Crippen LogP contribution in [-0.4, -0.2) is 23.8 Å². The van der Waals surface area contributed by atoms with Gasteiger partial charge in [0.1, 0.15) is 5.75 Å². The Morgan fingerprint density at radius 3 is 2.61 bits per heavy atom. The number of carbonyl (C=O) groups is 2. The third kappa shape index (κ3) is 4.90. The van der Waals surface area contributed by atoms with Gasteiger partial charge in [0.25, 0.3) is 0 Å². The molecule has 1 amide bonds. The molecule has 3 aromatic carbocycles. The summed E-state index contributed by atoms with van der Waals surface area (Å²) in [6.45, 7) is 0. The van der Waals surface area contributed by atoms with Crippen molar-refractivity contribution in [3.8, 4) is 5.75 Å². The van der Waals surface area contributed by atoms with Gasteiger partial charge >= 0.3 is 0 Å². The Morgan fingerprint density at radius 1 is 1.00 bits per heavy atom. The van der Waals surface area contributed by atoms with Crippen LogP contribution in [0.1, 0.15) is 21.5 Å². The maximum absolute atomic E-state index is 12.6. The van der Waals surface area contributed by atoms with E-state index >= 15 is 0 Å². The minimum atomic E-state index is -0.149. The van der Waals surface area contributed by atoms with Crippen molar-refractivity contribution >= 4 is 34.4 Å². The Kier molecular flexibility index (Phi) is 5.94. The largest absolute Gasteiger partial charge is 0.497 e. The van der Waals surface area contributed by atoms with Crippen LogP contribution in [-0.2, 0) is 11.2 Å². The summed E-state index contributed by atoms with van der Waals surface area (Å²) in [7, 11) is 1.60. The maximum Gasteiger partial charge on any atom is 0.228 e. The molecule has 0 bridgehead atoms. The van der Waals surface area contributed by atoms with Gasteiger partial charge < -0.3 is 15.0 Å². The summed E-state index contributed by atoms with van der Waals surface area (Å²) < 4.78 is 5.13. The number of anilines is 1. The molecule has 0 radical (unpaired) electrons. The summed E-state index contributed by atoms with van der Waals surface area (Å²) in [6, 6.07) is 22.2. The van der Waals surface area contributed by atoms with Crippen molar-refractivity contribution < 1.29 is 14.3 Å². The highest BCUT2D eigenvalue weighted by atomic mass is 16.5. The Labute approximate surface area is 180 Å². The molecule has 4 aromatic rings. The number of ketones is 1. The molecule has 31 heavy (non-hydrogen) atoms. The molecule has 4 rings (SSSR count). The molecule has 5 heteroatoms. The predicted molar refractivity (Wildman–Crippen MR) is 123 cm³/mol. The van der Waals surface area contributed by atoms with Gasteiger partial charge in [-0.15, -0.1) is 0 Å². The van der Waals surface area contributed by atoms with E-state index in [-0.39, 0.29) is 18.1 Å². The van der Waals surface area contributed by atoms with Crippen LogP contribution in [0.2, 0.25) is 0 Å². The Balaban J connectivity index is 1.42. The number of benzene rings is 3. The number of para-hydroxylation sites is 1. The second-order valence-corrected chi connectivity index (χ2v) is 7.14. The van der Waals surface area contributed by atoms with Gasteiger partial charge in [-0.05, 0) is 53.6 Å². The van der Waals surface area contributed by atoms with Crippen molar-refractivity contribution in [3.63, 3.8) is 0 Å². The number of aromatic amines is 1. The summed E-state index contributed by atoms with van der Waals surface area (Å²) in [5.41, 5.74) is 3.96. The molecular weight excluding hydrogens is 388 g/mol. The topological polar surface area (TPSA) is 71.2 Å². The zero-order valence-electron chi connectivity index (χ0n) is 17.1. The molecule has 1 aromatic heterocycles. The molecule has 0 aliphatic heterocycles. The van der Waals surface area contributed by atoms with E-state index in [1.165, 1.54) is 0 Å². The predicted octanol–water partition coefficient (Wildman–Crippen LogP) is 5.25. The van der Waals surface area contributed by atoms with Gasteiger partial charge in [0.15, 0.2) is 5.78 Å². The fraction of sp³-hybridized carbons (Fsp3) is 0.0769. The van der Waals surface area contributed by atoms with Crippen molar-refractivity contribution in [2.45, 2.75) is 6.42 Å². The highest BCUT2D eigenvalue weighted by molar-refractivity contribution is 6.08. The van der Waals surface area contributed by atoms with Crippen LogP contribution in [0.3, 0.4) is 0 Å². The van der Waals surface area contributed by atoms with Crippen LogP contribution < -0.4 is 10.1 Å². The molecule has 1 heterocycles. The molecule has 0 aliphatic carbocycles. The number of allylic oxidation sites excluding steroid dienone is 1. The number of hydrogen-bond acceptors (Lipinski definition) is 3. The van der Waals surface area contributed by atoms with Crippen molar-refractivity contribution in [2.75, 3.05) is 12.4 Å². The van der Waals surface area contributed by atoms with Gasteiger partial charge in [0.2, 0.25) is 5.91 Å². The van der Waals surface area contributed by atoms with Gasteiger partial charge in [0, 0.05) is 28.4 Å². The molecule has 0 saturated heterocycles. The number of H-pyrrole nitrogens is 1. The minimum absolute atomic E-state index is 0.128. The molecule has 154 valence electrons. The number of ether oxygens (including phenoxy) is 1. The molecule has 0 fully saturated rings. The second kappa shape index (κ2) is 9.13. The van der Waals surface area contributed by atoms with Gasteiger partial charge in [-0.2, -0.15) is 0 Å². The van der Waals surface area contributed by atoms with E-state index in [1.807, 2.05) is 54.7 Å². The lowest BCUT2D eigenvalue weighted by Gasteiger charge is -2.07. The Morgan fingerprint density at radius 2 is 1.81 bits per heavy atom. The lowest BCUT2D eigenvalue weighted by Crippen LogP contribution is -2.14.